The van der Waals surface area contributed by atoms with Crippen molar-refractivity contribution in [2.75, 3.05) is 13.1 Å². The highest BCUT2D eigenvalue weighted by Gasteiger charge is 2.28. The van der Waals surface area contributed by atoms with E-state index >= 15 is 0 Å². The van der Waals surface area contributed by atoms with Crippen molar-refractivity contribution < 1.29 is 9.18 Å². The fraction of sp³-hybridized carbons (Fsp3) is 0.588. The van der Waals surface area contributed by atoms with E-state index in [-0.39, 0.29) is 36.2 Å². The molecule has 1 fully saturated rings. The van der Waals surface area contributed by atoms with Gasteiger partial charge in [-0.3, -0.25) is 9.69 Å². The summed E-state index contributed by atoms with van der Waals surface area (Å²) in [4.78, 5) is 14.6. The third-order valence-electron chi connectivity index (χ3n) is 4.11. The van der Waals surface area contributed by atoms with Crippen LogP contribution in [0, 0.1) is 5.82 Å². The van der Waals surface area contributed by atoms with E-state index in [4.69, 9.17) is 5.73 Å². The molecule has 1 heterocycles. The zero-order chi connectivity index (χ0) is 15.9. The van der Waals surface area contributed by atoms with Crippen LogP contribution in [0.2, 0.25) is 0 Å². The Kier molecular flexibility index (Phi) is 8.52. The van der Waals surface area contributed by atoms with E-state index in [9.17, 15) is 9.18 Å². The number of hydrogen-bond acceptors (Lipinski definition) is 3. The molecule has 6 heteroatoms. The number of hydrogen-bond donors (Lipinski definition) is 2. The van der Waals surface area contributed by atoms with Crippen molar-refractivity contribution in [3.05, 3.63) is 35.6 Å². The Morgan fingerprint density at radius 1 is 1.39 bits per heavy atom. The van der Waals surface area contributed by atoms with E-state index < -0.39 is 0 Å². The molecule has 0 saturated carbocycles. The van der Waals surface area contributed by atoms with Gasteiger partial charge in [0, 0.05) is 19.1 Å². The zero-order valence-electron chi connectivity index (χ0n) is 13.6. The summed E-state index contributed by atoms with van der Waals surface area (Å²) in [6.45, 7) is 4.15. The van der Waals surface area contributed by atoms with Crippen LogP contribution in [0.1, 0.15) is 38.2 Å². The molecule has 1 aromatic rings. The van der Waals surface area contributed by atoms with Gasteiger partial charge in [-0.1, -0.05) is 18.6 Å². The lowest BCUT2D eigenvalue weighted by atomic mass is 10.00. The molecule has 1 saturated heterocycles. The van der Waals surface area contributed by atoms with Crippen molar-refractivity contribution in [1.82, 2.24) is 10.2 Å². The third kappa shape index (κ3) is 6.45. The van der Waals surface area contributed by atoms with Crippen LogP contribution in [-0.4, -0.2) is 36.0 Å². The summed E-state index contributed by atoms with van der Waals surface area (Å²) in [6.07, 6.45) is 3.84. The van der Waals surface area contributed by atoms with Crippen LogP contribution in [-0.2, 0) is 11.3 Å². The molecule has 3 N–H and O–H groups in total. The van der Waals surface area contributed by atoms with Crippen molar-refractivity contribution >= 4 is 18.3 Å². The SMILES string of the molecule is CC(N)CCNC(=O)C1CCCCN1Cc1ccc(F)cc1.Cl. The monoisotopic (exact) mass is 343 g/mol. The number of nitrogens with one attached hydrogen (secondary N) is 1. The molecule has 130 valence electrons. The Balaban J connectivity index is 0.00000264. The third-order valence-corrected chi connectivity index (χ3v) is 4.11. The first kappa shape index (κ1) is 19.9. The lowest BCUT2D eigenvalue weighted by Crippen LogP contribution is -2.49. The molecule has 0 bridgehead atoms. The number of amides is 1. The van der Waals surface area contributed by atoms with Gasteiger partial charge in [0.15, 0.2) is 0 Å². The molecule has 1 aromatic carbocycles. The molecule has 1 aliphatic rings. The van der Waals surface area contributed by atoms with Crippen molar-refractivity contribution in [2.24, 2.45) is 5.73 Å². The smallest absolute Gasteiger partial charge is 0.237 e. The number of nitrogens with zero attached hydrogens (tertiary/aromatic N) is 1. The predicted molar refractivity (Wildman–Crippen MR) is 93.0 cm³/mol. The van der Waals surface area contributed by atoms with Gasteiger partial charge in [-0.15, -0.1) is 12.4 Å². The highest BCUT2D eigenvalue weighted by Crippen LogP contribution is 2.20. The molecule has 23 heavy (non-hydrogen) atoms. The minimum atomic E-state index is -0.229. The van der Waals surface area contributed by atoms with Crippen LogP contribution < -0.4 is 11.1 Å². The maximum atomic E-state index is 13.0. The van der Waals surface area contributed by atoms with Crippen LogP contribution in [0.5, 0.6) is 0 Å². The summed E-state index contributed by atoms with van der Waals surface area (Å²) in [5.74, 6) is -0.143. The molecule has 4 nitrogen and oxygen atoms in total. The van der Waals surface area contributed by atoms with E-state index in [1.54, 1.807) is 12.1 Å². The second-order valence-electron chi connectivity index (χ2n) is 6.17. The summed E-state index contributed by atoms with van der Waals surface area (Å²) >= 11 is 0. The fourth-order valence-corrected chi connectivity index (χ4v) is 2.84. The van der Waals surface area contributed by atoms with Gasteiger partial charge in [0.05, 0.1) is 6.04 Å². The van der Waals surface area contributed by atoms with E-state index in [0.29, 0.717) is 13.1 Å². The average Bonchev–Trinajstić information content (AvgIpc) is 2.49. The number of carbonyl (C=O) groups is 1. The first-order valence-electron chi connectivity index (χ1n) is 8.08. The molecule has 2 unspecified atom stereocenters. The fourth-order valence-electron chi connectivity index (χ4n) is 2.84. The second-order valence-corrected chi connectivity index (χ2v) is 6.17. The van der Waals surface area contributed by atoms with Crippen molar-refractivity contribution in [3.63, 3.8) is 0 Å². The number of likely N-dealkylation sites (tertiary alicyclic amines) is 1. The van der Waals surface area contributed by atoms with Crippen LogP contribution >= 0.6 is 12.4 Å². The van der Waals surface area contributed by atoms with Crippen molar-refractivity contribution in [1.29, 1.82) is 0 Å². The van der Waals surface area contributed by atoms with Gasteiger partial charge >= 0.3 is 0 Å². The zero-order valence-corrected chi connectivity index (χ0v) is 14.4. The van der Waals surface area contributed by atoms with Crippen LogP contribution in [0.25, 0.3) is 0 Å². The highest BCUT2D eigenvalue weighted by molar-refractivity contribution is 5.85. The van der Waals surface area contributed by atoms with Gasteiger partial charge in [-0.05, 0) is 50.4 Å². The van der Waals surface area contributed by atoms with Crippen LogP contribution in [0.3, 0.4) is 0 Å². The Hall–Kier alpha value is -1.17. The molecular formula is C17H27ClFN3O. The molecule has 0 aromatic heterocycles. The van der Waals surface area contributed by atoms with Gasteiger partial charge in [0.25, 0.3) is 0 Å². The Morgan fingerprint density at radius 2 is 2.09 bits per heavy atom. The number of halogens is 2. The van der Waals surface area contributed by atoms with Crippen molar-refractivity contribution in [3.8, 4) is 0 Å². The Morgan fingerprint density at radius 3 is 2.74 bits per heavy atom. The van der Waals surface area contributed by atoms with E-state index in [1.165, 1.54) is 12.1 Å². The van der Waals surface area contributed by atoms with Crippen molar-refractivity contribution in [2.45, 2.75) is 51.2 Å². The van der Waals surface area contributed by atoms with Crippen LogP contribution in [0.4, 0.5) is 4.39 Å². The Labute approximate surface area is 144 Å². The second kappa shape index (κ2) is 9.85. The van der Waals surface area contributed by atoms with Gasteiger partial charge in [0.2, 0.25) is 5.91 Å². The highest BCUT2D eigenvalue weighted by atomic mass is 35.5. The molecular weight excluding hydrogens is 317 g/mol. The molecule has 2 rings (SSSR count). The molecule has 0 aliphatic carbocycles. The van der Waals surface area contributed by atoms with E-state index in [2.05, 4.69) is 10.2 Å². The lowest BCUT2D eigenvalue weighted by Gasteiger charge is -2.34. The van der Waals surface area contributed by atoms with Crippen LogP contribution in [0.15, 0.2) is 24.3 Å². The Bertz CT molecular complexity index is 481. The normalized spacial score (nSPS) is 19.7. The first-order valence-corrected chi connectivity index (χ1v) is 8.08. The standard InChI is InChI=1S/C17H26FN3O.ClH/c1-13(19)9-10-20-17(22)16-4-2-3-11-21(16)12-14-5-7-15(18)8-6-14;/h5-8,13,16H,2-4,9-12,19H2,1H3,(H,20,22);1H. The minimum absolute atomic E-state index is 0. The molecule has 1 aliphatic heterocycles. The number of rotatable bonds is 6. The van der Waals surface area contributed by atoms with Gasteiger partial charge in [0.1, 0.15) is 5.82 Å². The molecule has 0 radical (unpaired) electrons. The topological polar surface area (TPSA) is 58.4 Å². The van der Waals surface area contributed by atoms with E-state index in [0.717, 1.165) is 37.8 Å². The number of carbonyl (C=O) groups excluding carboxylic acids is 1. The number of benzene rings is 1. The first-order chi connectivity index (χ1) is 10.6. The van der Waals surface area contributed by atoms with Gasteiger partial charge in [-0.2, -0.15) is 0 Å². The number of piperidine rings is 1. The lowest BCUT2D eigenvalue weighted by molar-refractivity contribution is -0.127. The summed E-state index contributed by atoms with van der Waals surface area (Å²) in [5.41, 5.74) is 6.74. The summed E-state index contributed by atoms with van der Waals surface area (Å²) < 4.78 is 13.0. The molecule has 1 amide bonds. The molecule has 2 atom stereocenters. The maximum Gasteiger partial charge on any atom is 0.237 e. The summed E-state index contributed by atoms with van der Waals surface area (Å²) in [6, 6.07) is 6.52. The average molecular weight is 344 g/mol. The van der Waals surface area contributed by atoms with E-state index in [1.807, 2.05) is 6.92 Å². The maximum absolute atomic E-state index is 13.0. The summed E-state index contributed by atoms with van der Waals surface area (Å²) in [7, 11) is 0. The van der Waals surface area contributed by atoms with Gasteiger partial charge < -0.3 is 11.1 Å². The largest absolute Gasteiger partial charge is 0.355 e. The molecule has 0 spiro atoms. The minimum Gasteiger partial charge on any atom is -0.355 e. The number of nitrogens with two attached hydrogens (primary N) is 1. The van der Waals surface area contributed by atoms with Gasteiger partial charge in [-0.25, -0.2) is 4.39 Å². The quantitative estimate of drug-likeness (QED) is 0.834. The predicted octanol–water partition coefficient (Wildman–Crippen LogP) is 2.46. The summed E-state index contributed by atoms with van der Waals surface area (Å²) in [5, 5.41) is 2.99.